The fourth-order valence-electron chi connectivity index (χ4n) is 3.90. The topological polar surface area (TPSA) is 128 Å². The molecule has 4 rings (SSSR count). The first-order valence-electron chi connectivity index (χ1n) is 13.1. The zero-order valence-electron chi connectivity index (χ0n) is 24.1. The van der Waals surface area contributed by atoms with Crippen molar-refractivity contribution in [3.05, 3.63) is 107 Å². The lowest BCUT2D eigenvalue weighted by Crippen LogP contribution is -2.30. The minimum atomic E-state index is -0.557. The van der Waals surface area contributed by atoms with E-state index in [1.807, 2.05) is 0 Å². The van der Waals surface area contributed by atoms with Crippen LogP contribution in [0.5, 0.6) is 17.2 Å². The predicted molar refractivity (Wildman–Crippen MR) is 172 cm³/mol. The first-order chi connectivity index (χ1) is 21.3. The van der Waals surface area contributed by atoms with E-state index in [-0.39, 0.29) is 17.4 Å². The number of ether oxygens (including phenoxy) is 3. The normalized spacial score (nSPS) is 10.9. The van der Waals surface area contributed by atoms with Gasteiger partial charge in [0.05, 0.1) is 32.1 Å². The van der Waals surface area contributed by atoms with Gasteiger partial charge in [-0.25, -0.2) is 4.98 Å². The van der Waals surface area contributed by atoms with Gasteiger partial charge in [-0.1, -0.05) is 29.8 Å². The second-order valence-corrected chi connectivity index (χ2v) is 10.5. The second kappa shape index (κ2) is 15.5. The van der Waals surface area contributed by atoms with E-state index >= 15 is 0 Å². The van der Waals surface area contributed by atoms with Crippen molar-refractivity contribution in [2.75, 3.05) is 37.7 Å². The van der Waals surface area contributed by atoms with E-state index in [9.17, 15) is 14.4 Å². The molecule has 226 valence electrons. The number of aromatic nitrogens is 1. The molecular formula is C32H29ClN4O6S. The number of anilines is 2. The van der Waals surface area contributed by atoms with Gasteiger partial charge in [0.15, 0.2) is 11.5 Å². The Morgan fingerprint density at radius 1 is 0.864 bits per heavy atom. The van der Waals surface area contributed by atoms with E-state index in [0.29, 0.717) is 44.9 Å². The number of pyridine rings is 1. The number of carbonyl (C=O) groups is 3. The monoisotopic (exact) mass is 632 g/mol. The molecule has 0 spiro atoms. The maximum absolute atomic E-state index is 13.5. The highest BCUT2D eigenvalue weighted by Gasteiger charge is 2.18. The number of thioether (sulfide) groups is 1. The van der Waals surface area contributed by atoms with E-state index in [2.05, 4.69) is 20.9 Å². The summed E-state index contributed by atoms with van der Waals surface area (Å²) in [6.07, 6.45) is 2.97. The summed E-state index contributed by atoms with van der Waals surface area (Å²) in [7, 11) is 4.47. The number of nitrogens with one attached hydrogen (secondary N) is 3. The van der Waals surface area contributed by atoms with Gasteiger partial charge >= 0.3 is 0 Å². The molecule has 0 atom stereocenters. The number of halogens is 1. The summed E-state index contributed by atoms with van der Waals surface area (Å²) >= 11 is 7.15. The van der Waals surface area contributed by atoms with Gasteiger partial charge in [0.1, 0.15) is 11.5 Å². The van der Waals surface area contributed by atoms with Crippen LogP contribution in [-0.4, -0.2) is 49.8 Å². The number of benzene rings is 3. The number of carbonyl (C=O) groups excluding carboxylic acids is 3. The maximum atomic E-state index is 13.5. The number of nitrogens with zero attached hydrogens (tertiary/aromatic N) is 1. The number of methoxy groups -OCH3 is 3. The lowest BCUT2D eigenvalue weighted by Gasteiger charge is -2.15. The standard InChI is InChI=1S/C32H29ClN4O6S/c1-41-26-16-20(17-27(42-2)30(26)43-3)15-25(36-31(39)21-7-5-4-6-8-21)32(40)35-23-10-12-24(13-11-23)44-19-29(38)37-28-14-9-22(33)18-34-28/h4-18H,19H2,1-3H3,(H,35,40)(H,36,39)(H,34,37,38)/b25-15-. The van der Waals surface area contributed by atoms with Crippen molar-refractivity contribution < 1.29 is 28.6 Å². The Balaban J connectivity index is 1.49. The average molecular weight is 633 g/mol. The highest BCUT2D eigenvalue weighted by atomic mass is 35.5. The van der Waals surface area contributed by atoms with E-state index in [0.717, 1.165) is 4.90 Å². The molecule has 0 saturated carbocycles. The van der Waals surface area contributed by atoms with Crippen LogP contribution in [0.4, 0.5) is 11.5 Å². The molecule has 10 nitrogen and oxygen atoms in total. The third kappa shape index (κ3) is 8.76. The molecule has 0 aliphatic heterocycles. The molecule has 44 heavy (non-hydrogen) atoms. The molecule has 0 fully saturated rings. The number of amides is 3. The van der Waals surface area contributed by atoms with Crippen LogP contribution in [0.3, 0.4) is 0 Å². The summed E-state index contributed by atoms with van der Waals surface area (Å²) in [5, 5.41) is 8.71. The first-order valence-corrected chi connectivity index (χ1v) is 14.5. The number of hydrogen-bond donors (Lipinski definition) is 3. The van der Waals surface area contributed by atoms with Crippen LogP contribution in [0, 0.1) is 0 Å². The molecule has 1 heterocycles. The highest BCUT2D eigenvalue weighted by molar-refractivity contribution is 8.00. The molecule has 0 radical (unpaired) electrons. The van der Waals surface area contributed by atoms with Gasteiger partial charge in [0, 0.05) is 22.3 Å². The summed E-state index contributed by atoms with van der Waals surface area (Å²) in [6.45, 7) is 0. The smallest absolute Gasteiger partial charge is 0.272 e. The molecule has 0 bridgehead atoms. The van der Waals surface area contributed by atoms with Crippen molar-refractivity contribution in [1.82, 2.24) is 10.3 Å². The molecule has 0 unspecified atom stereocenters. The van der Waals surface area contributed by atoms with Crippen molar-refractivity contribution >= 4 is 58.7 Å². The number of rotatable bonds is 12. The average Bonchev–Trinajstić information content (AvgIpc) is 3.05. The van der Waals surface area contributed by atoms with Crippen LogP contribution in [0.2, 0.25) is 5.02 Å². The van der Waals surface area contributed by atoms with E-state index < -0.39 is 11.8 Å². The van der Waals surface area contributed by atoms with Gasteiger partial charge in [-0.15, -0.1) is 11.8 Å². The van der Waals surface area contributed by atoms with E-state index in [1.54, 1.807) is 78.9 Å². The van der Waals surface area contributed by atoms with Crippen LogP contribution < -0.4 is 30.2 Å². The summed E-state index contributed by atoms with van der Waals surface area (Å²) in [6, 6.07) is 22.1. The van der Waals surface area contributed by atoms with Crippen molar-refractivity contribution in [1.29, 1.82) is 0 Å². The van der Waals surface area contributed by atoms with Crippen LogP contribution in [-0.2, 0) is 9.59 Å². The quantitative estimate of drug-likeness (QED) is 0.130. The van der Waals surface area contributed by atoms with Crippen LogP contribution in [0.1, 0.15) is 15.9 Å². The summed E-state index contributed by atoms with van der Waals surface area (Å²) in [5.41, 5.74) is 1.38. The molecule has 3 amide bonds. The molecule has 12 heteroatoms. The maximum Gasteiger partial charge on any atom is 0.272 e. The van der Waals surface area contributed by atoms with E-state index in [1.165, 1.54) is 45.4 Å². The third-order valence-corrected chi connectivity index (χ3v) is 7.24. The van der Waals surface area contributed by atoms with Gasteiger partial charge in [0.2, 0.25) is 11.7 Å². The molecular weight excluding hydrogens is 604 g/mol. The van der Waals surface area contributed by atoms with Crippen molar-refractivity contribution in [2.24, 2.45) is 0 Å². The third-order valence-electron chi connectivity index (χ3n) is 6.00. The fraction of sp³-hybridized carbons (Fsp3) is 0.125. The Morgan fingerprint density at radius 3 is 2.14 bits per heavy atom. The van der Waals surface area contributed by atoms with Crippen LogP contribution in [0.25, 0.3) is 6.08 Å². The minimum Gasteiger partial charge on any atom is -0.493 e. The van der Waals surface area contributed by atoms with Gasteiger partial charge in [-0.2, -0.15) is 0 Å². The van der Waals surface area contributed by atoms with Gasteiger partial charge < -0.3 is 30.2 Å². The number of hydrogen-bond acceptors (Lipinski definition) is 8. The van der Waals surface area contributed by atoms with Crippen molar-refractivity contribution in [3.8, 4) is 17.2 Å². The predicted octanol–water partition coefficient (Wildman–Crippen LogP) is 5.90. The fourth-order valence-corrected chi connectivity index (χ4v) is 4.71. The summed E-state index contributed by atoms with van der Waals surface area (Å²) < 4.78 is 16.2. The first kappa shape index (κ1) is 31.9. The summed E-state index contributed by atoms with van der Waals surface area (Å²) in [4.78, 5) is 43.6. The lowest BCUT2D eigenvalue weighted by atomic mass is 10.1. The molecule has 1 aromatic heterocycles. The Kier molecular flexibility index (Phi) is 11.2. The molecule has 0 saturated heterocycles. The molecule has 3 aromatic carbocycles. The molecule has 4 aromatic rings. The largest absolute Gasteiger partial charge is 0.493 e. The second-order valence-electron chi connectivity index (χ2n) is 9.01. The molecule has 3 N–H and O–H groups in total. The van der Waals surface area contributed by atoms with Gasteiger partial charge in [-0.3, -0.25) is 14.4 Å². The Hall–Kier alpha value is -5.00. The van der Waals surface area contributed by atoms with Gasteiger partial charge in [-0.05, 0) is 72.3 Å². The van der Waals surface area contributed by atoms with Crippen molar-refractivity contribution in [3.63, 3.8) is 0 Å². The van der Waals surface area contributed by atoms with Crippen molar-refractivity contribution in [2.45, 2.75) is 4.90 Å². The van der Waals surface area contributed by atoms with Gasteiger partial charge in [0.25, 0.3) is 11.8 Å². The van der Waals surface area contributed by atoms with Crippen LogP contribution >= 0.6 is 23.4 Å². The SMILES string of the molecule is COc1cc(/C=C(\NC(=O)c2ccccc2)C(=O)Nc2ccc(SCC(=O)Nc3ccc(Cl)cn3)cc2)cc(OC)c1OC. The molecule has 0 aliphatic rings. The molecule has 0 aliphatic carbocycles. The Morgan fingerprint density at radius 2 is 1.55 bits per heavy atom. The van der Waals surface area contributed by atoms with E-state index in [4.69, 9.17) is 25.8 Å². The van der Waals surface area contributed by atoms with Crippen LogP contribution in [0.15, 0.2) is 95.7 Å². The Labute approximate surface area is 263 Å². The lowest BCUT2D eigenvalue weighted by molar-refractivity contribution is -0.114. The highest BCUT2D eigenvalue weighted by Crippen LogP contribution is 2.38. The Bertz CT molecular complexity index is 1620. The summed E-state index contributed by atoms with van der Waals surface area (Å²) in [5.74, 6) is 0.492. The zero-order chi connectivity index (χ0) is 31.5. The minimum absolute atomic E-state index is 0.0148. The zero-order valence-corrected chi connectivity index (χ0v) is 25.6.